The number of piperidine rings is 2. The fraction of sp³-hybridized carbons (Fsp3) is 0.591. The smallest absolute Gasteiger partial charge is 0.325 e. The second-order valence-corrected chi connectivity index (χ2v) is 8.53. The van der Waals surface area contributed by atoms with Crippen LogP contribution in [0.5, 0.6) is 0 Å². The van der Waals surface area contributed by atoms with Gasteiger partial charge in [0.1, 0.15) is 5.54 Å². The Balaban J connectivity index is 1.35. The van der Waals surface area contributed by atoms with E-state index in [1.807, 2.05) is 6.07 Å². The van der Waals surface area contributed by atoms with E-state index in [9.17, 15) is 14.4 Å². The van der Waals surface area contributed by atoms with Crippen molar-refractivity contribution in [3.05, 3.63) is 35.9 Å². The Bertz CT molecular complexity index is 774. The molecule has 0 aromatic heterocycles. The molecule has 7 heteroatoms. The van der Waals surface area contributed by atoms with Crippen LogP contribution in [0.1, 0.15) is 38.2 Å². The second kappa shape index (κ2) is 8.14. The van der Waals surface area contributed by atoms with Crippen LogP contribution in [0, 0.1) is 0 Å². The summed E-state index contributed by atoms with van der Waals surface area (Å²) in [5, 5.41) is 3.01. The number of amides is 4. The summed E-state index contributed by atoms with van der Waals surface area (Å²) >= 11 is 0. The number of carbonyl (C=O) groups is 3. The van der Waals surface area contributed by atoms with E-state index in [0.29, 0.717) is 25.9 Å². The first-order chi connectivity index (χ1) is 14.0. The summed E-state index contributed by atoms with van der Waals surface area (Å²) in [7, 11) is 0. The van der Waals surface area contributed by atoms with Gasteiger partial charge >= 0.3 is 6.03 Å². The summed E-state index contributed by atoms with van der Waals surface area (Å²) < 4.78 is 0. The molecule has 3 aliphatic heterocycles. The van der Waals surface area contributed by atoms with Gasteiger partial charge in [-0.25, -0.2) is 4.79 Å². The fourth-order valence-electron chi connectivity index (χ4n) is 4.85. The Hall–Kier alpha value is -2.41. The van der Waals surface area contributed by atoms with Crippen LogP contribution in [0.25, 0.3) is 0 Å². The zero-order valence-electron chi connectivity index (χ0n) is 17.1. The first-order valence-electron chi connectivity index (χ1n) is 10.7. The third-order valence-electron chi connectivity index (χ3n) is 6.67. The van der Waals surface area contributed by atoms with Gasteiger partial charge in [-0.2, -0.15) is 0 Å². The molecule has 1 N–H and O–H groups in total. The molecule has 1 atom stereocenters. The number of hydrogen-bond donors (Lipinski definition) is 1. The van der Waals surface area contributed by atoms with Gasteiger partial charge in [-0.1, -0.05) is 30.3 Å². The lowest BCUT2D eigenvalue weighted by Crippen LogP contribution is -2.56. The molecule has 156 valence electrons. The first kappa shape index (κ1) is 19.9. The number of rotatable bonds is 4. The molecule has 3 saturated heterocycles. The SMILES string of the molecule is CC(=O)N1CCC[C@@H](N2C(=O)NC3(CCN(CCc4ccccc4)CC3)C2=O)C1. The van der Waals surface area contributed by atoms with Gasteiger partial charge in [-0.15, -0.1) is 0 Å². The zero-order chi connectivity index (χ0) is 20.4. The summed E-state index contributed by atoms with van der Waals surface area (Å²) in [6.07, 6.45) is 3.87. The minimum atomic E-state index is -0.765. The molecule has 3 aliphatic rings. The number of nitrogens with zero attached hydrogens (tertiary/aromatic N) is 3. The number of nitrogens with one attached hydrogen (secondary N) is 1. The molecule has 0 aliphatic carbocycles. The van der Waals surface area contributed by atoms with Gasteiger partial charge in [0, 0.05) is 39.6 Å². The molecule has 4 rings (SSSR count). The van der Waals surface area contributed by atoms with Crippen molar-refractivity contribution in [3.63, 3.8) is 0 Å². The maximum atomic E-state index is 13.3. The van der Waals surface area contributed by atoms with Crippen molar-refractivity contribution in [2.45, 2.75) is 50.6 Å². The predicted octanol–water partition coefficient (Wildman–Crippen LogP) is 1.63. The molecule has 29 heavy (non-hydrogen) atoms. The van der Waals surface area contributed by atoms with Crippen molar-refractivity contribution in [2.24, 2.45) is 0 Å². The highest BCUT2D eigenvalue weighted by molar-refractivity contribution is 6.07. The summed E-state index contributed by atoms with van der Waals surface area (Å²) in [6, 6.07) is 9.91. The molecule has 7 nitrogen and oxygen atoms in total. The summed E-state index contributed by atoms with van der Waals surface area (Å²) in [5.41, 5.74) is 0.551. The van der Waals surface area contributed by atoms with E-state index in [-0.39, 0.29) is 23.9 Å². The second-order valence-electron chi connectivity index (χ2n) is 8.53. The van der Waals surface area contributed by atoms with E-state index in [4.69, 9.17) is 0 Å². The van der Waals surface area contributed by atoms with E-state index in [1.54, 1.807) is 11.8 Å². The topological polar surface area (TPSA) is 73.0 Å². The standard InChI is InChI=1S/C22H30N4O3/c1-17(27)25-12-5-8-19(16-25)26-20(28)22(23-21(26)29)10-14-24(15-11-22)13-9-18-6-3-2-4-7-18/h2-4,6-7,19H,5,8-16H2,1H3,(H,23,29)/t19-/m1/s1. The minimum absolute atomic E-state index is 0.00296. The maximum Gasteiger partial charge on any atom is 0.325 e. The summed E-state index contributed by atoms with van der Waals surface area (Å²) in [6.45, 7) is 5.27. The van der Waals surface area contributed by atoms with Gasteiger partial charge in [-0.3, -0.25) is 14.5 Å². The van der Waals surface area contributed by atoms with Crippen molar-refractivity contribution in [1.82, 2.24) is 20.0 Å². The van der Waals surface area contributed by atoms with Crippen molar-refractivity contribution in [3.8, 4) is 0 Å². The van der Waals surface area contributed by atoms with Crippen LogP contribution in [-0.4, -0.2) is 76.8 Å². The quantitative estimate of drug-likeness (QED) is 0.783. The van der Waals surface area contributed by atoms with Crippen LogP contribution in [-0.2, 0) is 16.0 Å². The molecule has 3 heterocycles. The molecule has 0 saturated carbocycles. The summed E-state index contributed by atoms with van der Waals surface area (Å²) in [4.78, 5) is 43.2. The van der Waals surface area contributed by atoms with Gasteiger partial charge < -0.3 is 15.1 Å². The van der Waals surface area contributed by atoms with Gasteiger partial charge in [0.2, 0.25) is 5.91 Å². The van der Waals surface area contributed by atoms with E-state index < -0.39 is 5.54 Å². The number of benzene rings is 1. The van der Waals surface area contributed by atoms with Crippen molar-refractivity contribution in [2.75, 3.05) is 32.7 Å². The number of urea groups is 1. The highest BCUT2D eigenvalue weighted by Gasteiger charge is 2.54. The van der Waals surface area contributed by atoms with Crippen LogP contribution in [0.15, 0.2) is 30.3 Å². The molecule has 4 amide bonds. The molecule has 1 aromatic carbocycles. The van der Waals surface area contributed by atoms with E-state index in [0.717, 1.165) is 38.9 Å². The fourth-order valence-corrected chi connectivity index (χ4v) is 4.85. The Kier molecular flexibility index (Phi) is 5.58. The number of imide groups is 1. The van der Waals surface area contributed by atoms with Crippen molar-refractivity contribution < 1.29 is 14.4 Å². The van der Waals surface area contributed by atoms with Gasteiger partial charge in [-0.05, 0) is 37.7 Å². The molecule has 0 bridgehead atoms. The molecule has 0 unspecified atom stereocenters. The molecule has 1 spiro atoms. The molecular weight excluding hydrogens is 368 g/mol. The highest BCUT2D eigenvalue weighted by Crippen LogP contribution is 2.32. The average molecular weight is 399 g/mol. The van der Waals surface area contributed by atoms with Crippen LogP contribution in [0.3, 0.4) is 0 Å². The number of likely N-dealkylation sites (tertiary alicyclic amines) is 2. The van der Waals surface area contributed by atoms with Gasteiger partial charge in [0.15, 0.2) is 0 Å². The monoisotopic (exact) mass is 398 g/mol. The van der Waals surface area contributed by atoms with Crippen molar-refractivity contribution in [1.29, 1.82) is 0 Å². The number of carbonyl (C=O) groups excluding carboxylic acids is 3. The van der Waals surface area contributed by atoms with Crippen molar-refractivity contribution >= 4 is 17.8 Å². The maximum absolute atomic E-state index is 13.3. The van der Waals surface area contributed by atoms with Crippen LogP contribution < -0.4 is 5.32 Å². The third-order valence-corrected chi connectivity index (χ3v) is 6.67. The number of hydrogen-bond acceptors (Lipinski definition) is 4. The van der Waals surface area contributed by atoms with Crippen LogP contribution in [0.2, 0.25) is 0 Å². The average Bonchev–Trinajstić information content (AvgIpc) is 2.98. The van der Waals surface area contributed by atoms with E-state index in [1.165, 1.54) is 10.5 Å². The zero-order valence-corrected chi connectivity index (χ0v) is 17.1. The Morgan fingerprint density at radius 3 is 2.55 bits per heavy atom. The lowest BCUT2D eigenvalue weighted by molar-refractivity contribution is -0.138. The molecular formula is C22H30N4O3. The molecule has 0 radical (unpaired) electrons. The van der Waals surface area contributed by atoms with E-state index >= 15 is 0 Å². The summed E-state index contributed by atoms with van der Waals surface area (Å²) in [5.74, 6) is -0.0937. The lowest BCUT2D eigenvalue weighted by Gasteiger charge is -2.39. The van der Waals surface area contributed by atoms with Gasteiger partial charge in [0.05, 0.1) is 6.04 Å². The van der Waals surface area contributed by atoms with Crippen LogP contribution >= 0.6 is 0 Å². The molecule has 1 aromatic rings. The highest BCUT2D eigenvalue weighted by atomic mass is 16.2. The van der Waals surface area contributed by atoms with Gasteiger partial charge in [0.25, 0.3) is 5.91 Å². The Labute approximate surface area is 172 Å². The largest absolute Gasteiger partial charge is 0.341 e. The van der Waals surface area contributed by atoms with E-state index in [2.05, 4.69) is 34.5 Å². The first-order valence-corrected chi connectivity index (χ1v) is 10.7. The Morgan fingerprint density at radius 1 is 1.14 bits per heavy atom. The predicted molar refractivity (Wildman–Crippen MR) is 109 cm³/mol. The normalized spacial score (nSPS) is 24.8. The lowest BCUT2D eigenvalue weighted by atomic mass is 9.87. The minimum Gasteiger partial charge on any atom is -0.341 e. The van der Waals surface area contributed by atoms with Crippen LogP contribution in [0.4, 0.5) is 4.79 Å². The molecule has 3 fully saturated rings. The Morgan fingerprint density at radius 2 is 1.86 bits per heavy atom. The third kappa shape index (κ3) is 4.01.